The van der Waals surface area contributed by atoms with Crippen molar-refractivity contribution in [2.24, 2.45) is 5.92 Å². The average Bonchev–Trinajstić information content (AvgIpc) is 2.77. The molecule has 1 aromatic rings. The molecule has 1 heterocycles. The van der Waals surface area contributed by atoms with Crippen LogP contribution in [0.3, 0.4) is 0 Å². The summed E-state index contributed by atoms with van der Waals surface area (Å²) in [6.45, 7) is 0.0698. The number of halogens is 3. The van der Waals surface area contributed by atoms with Gasteiger partial charge in [-0.25, -0.2) is 4.39 Å². The number of hydrogen-bond donors (Lipinski definition) is 0. The molecule has 19 heavy (non-hydrogen) atoms. The number of benzene rings is 1. The highest BCUT2D eigenvalue weighted by atomic mass is 35.5. The molecule has 0 saturated carbocycles. The van der Waals surface area contributed by atoms with Crippen LogP contribution < -0.4 is 4.90 Å². The zero-order valence-corrected chi connectivity index (χ0v) is 11.5. The minimum Gasteiger partial charge on any atom is -0.469 e. The number of anilines is 1. The van der Waals surface area contributed by atoms with E-state index in [1.165, 1.54) is 24.1 Å². The van der Waals surface area contributed by atoms with Gasteiger partial charge in [-0.2, -0.15) is 0 Å². The molecule has 0 aromatic heterocycles. The third kappa shape index (κ3) is 2.53. The van der Waals surface area contributed by atoms with E-state index in [-0.39, 0.29) is 34.6 Å². The highest BCUT2D eigenvalue weighted by Gasteiger charge is 2.37. The third-order valence-corrected chi connectivity index (χ3v) is 3.75. The van der Waals surface area contributed by atoms with Crippen LogP contribution in [-0.2, 0) is 14.3 Å². The number of esters is 1. The van der Waals surface area contributed by atoms with Gasteiger partial charge in [0.1, 0.15) is 0 Å². The number of methoxy groups -OCH3 is 1. The Kier molecular flexibility index (Phi) is 3.96. The third-order valence-electron chi connectivity index (χ3n) is 2.97. The van der Waals surface area contributed by atoms with Crippen LogP contribution in [0.4, 0.5) is 10.1 Å². The molecule has 0 spiro atoms. The fraction of sp³-hybridized carbons (Fsp3) is 0.333. The summed E-state index contributed by atoms with van der Waals surface area (Å²) in [5.74, 6) is -2.21. The fourth-order valence-corrected chi connectivity index (χ4v) is 2.29. The first-order chi connectivity index (χ1) is 8.95. The Morgan fingerprint density at radius 3 is 2.79 bits per heavy atom. The summed E-state index contributed by atoms with van der Waals surface area (Å²) in [4.78, 5) is 24.4. The maximum absolute atomic E-state index is 14.0. The van der Waals surface area contributed by atoms with Crippen LogP contribution in [0.2, 0.25) is 10.0 Å². The predicted octanol–water partition coefficient (Wildman–Crippen LogP) is 2.66. The van der Waals surface area contributed by atoms with E-state index in [2.05, 4.69) is 4.74 Å². The van der Waals surface area contributed by atoms with Crippen LogP contribution in [0.5, 0.6) is 0 Å². The fourth-order valence-electron chi connectivity index (χ4n) is 1.99. The molecule has 4 nitrogen and oxygen atoms in total. The zero-order valence-electron chi connectivity index (χ0n) is 9.95. The van der Waals surface area contributed by atoms with Crippen molar-refractivity contribution in [3.05, 3.63) is 28.0 Å². The zero-order chi connectivity index (χ0) is 14.2. The number of hydrogen-bond acceptors (Lipinski definition) is 3. The quantitative estimate of drug-likeness (QED) is 0.623. The van der Waals surface area contributed by atoms with Gasteiger partial charge in [0.2, 0.25) is 5.91 Å². The molecular formula is C12H10Cl2FNO3. The number of carbonyl (C=O) groups excluding carboxylic acids is 2. The van der Waals surface area contributed by atoms with Crippen molar-refractivity contribution < 1.29 is 18.7 Å². The Hall–Kier alpha value is -1.33. The number of ether oxygens (including phenoxy) is 1. The van der Waals surface area contributed by atoms with Crippen LogP contribution in [0.25, 0.3) is 0 Å². The first-order valence-corrected chi connectivity index (χ1v) is 6.23. The molecular weight excluding hydrogens is 296 g/mol. The molecule has 1 fully saturated rings. The van der Waals surface area contributed by atoms with E-state index >= 15 is 0 Å². The van der Waals surface area contributed by atoms with E-state index in [1.54, 1.807) is 0 Å². The van der Waals surface area contributed by atoms with Gasteiger partial charge >= 0.3 is 5.97 Å². The standard InChI is InChI=1S/C12H10Cl2FNO3/c1-19-12(18)6-4-9(17)16(5-6)8-3-2-7(13)10(14)11(8)15/h2-3,6H,4-5H2,1H3. The van der Waals surface area contributed by atoms with Gasteiger partial charge in [0.25, 0.3) is 0 Å². The highest BCUT2D eigenvalue weighted by molar-refractivity contribution is 6.42. The monoisotopic (exact) mass is 305 g/mol. The molecule has 0 N–H and O–H groups in total. The van der Waals surface area contributed by atoms with Crippen LogP contribution in [0, 0.1) is 11.7 Å². The van der Waals surface area contributed by atoms with Crippen molar-refractivity contribution in [2.75, 3.05) is 18.6 Å². The lowest BCUT2D eigenvalue weighted by Gasteiger charge is -2.18. The van der Waals surface area contributed by atoms with Gasteiger partial charge in [-0.05, 0) is 12.1 Å². The Balaban J connectivity index is 2.31. The molecule has 1 amide bonds. The summed E-state index contributed by atoms with van der Waals surface area (Å²) in [5.41, 5.74) is 0.0193. The first-order valence-electron chi connectivity index (χ1n) is 5.47. The van der Waals surface area contributed by atoms with Crippen molar-refractivity contribution in [3.63, 3.8) is 0 Å². The maximum Gasteiger partial charge on any atom is 0.311 e. The number of rotatable bonds is 2. The Labute approximate surface area is 119 Å². The predicted molar refractivity (Wildman–Crippen MR) is 68.9 cm³/mol. The number of nitrogens with zero attached hydrogens (tertiary/aromatic N) is 1. The first kappa shape index (κ1) is 14.1. The van der Waals surface area contributed by atoms with Crippen molar-refractivity contribution in [1.82, 2.24) is 0 Å². The highest BCUT2D eigenvalue weighted by Crippen LogP contribution is 2.34. The molecule has 7 heteroatoms. The van der Waals surface area contributed by atoms with Crippen molar-refractivity contribution in [3.8, 4) is 0 Å². The second kappa shape index (κ2) is 5.35. The summed E-state index contributed by atoms with van der Waals surface area (Å²) in [6.07, 6.45) is -0.00758. The molecule has 1 unspecified atom stereocenters. The van der Waals surface area contributed by atoms with Gasteiger partial charge < -0.3 is 9.64 Å². The molecule has 0 radical (unpaired) electrons. The maximum atomic E-state index is 14.0. The van der Waals surface area contributed by atoms with E-state index in [4.69, 9.17) is 23.2 Å². The van der Waals surface area contributed by atoms with Gasteiger partial charge in [-0.1, -0.05) is 23.2 Å². The van der Waals surface area contributed by atoms with Crippen LogP contribution in [0.1, 0.15) is 6.42 Å². The molecule has 1 aliphatic rings. The van der Waals surface area contributed by atoms with Crippen molar-refractivity contribution in [1.29, 1.82) is 0 Å². The van der Waals surface area contributed by atoms with Crippen LogP contribution >= 0.6 is 23.2 Å². The minimum absolute atomic E-state index is 0.00758. The van der Waals surface area contributed by atoms with Crippen LogP contribution in [-0.4, -0.2) is 25.5 Å². The summed E-state index contributed by atoms with van der Waals surface area (Å²) in [7, 11) is 1.25. The largest absolute Gasteiger partial charge is 0.469 e. The average molecular weight is 306 g/mol. The van der Waals surface area contributed by atoms with E-state index < -0.39 is 17.7 Å². The SMILES string of the molecule is COC(=O)C1CC(=O)N(c2ccc(Cl)c(Cl)c2F)C1. The van der Waals surface area contributed by atoms with Crippen molar-refractivity contribution in [2.45, 2.75) is 6.42 Å². The molecule has 1 saturated heterocycles. The van der Waals surface area contributed by atoms with Gasteiger partial charge in [0.05, 0.1) is 28.8 Å². The second-order valence-corrected chi connectivity index (χ2v) is 4.91. The lowest BCUT2D eigenvalue weighted by Crippen LogP contribution is -2.27. The van der Waals surface area contributed by atoms with Crippen LogP contribution in [0.15, 0.2) is 12.1 Å². The normalized spacial score (nSPS) is 18.8. The van der Waals surface area contributed by atoms with Gasteiger partial charge in [-0.15, -0.1) is 0 Å². The van der Waals surface area contributed by atoms with Gasteiger partial charge in [0, 0.05) is 13.0 Å². The second-order valence-electron chi connectivity index (χ2n) is 4.12. The van der Waals surface area contributed by atoms with Gasteiger partial charge in [0.15, 0.2) is 5.82 Å². The number of carbonyl (C=O) groups is 2. The smallest absolute Gasteiger partial charge is 0.311 e. The molecule has 0 bridgehead atoms. The lowest BCUT2D eigenvalue weighted by molar-refractivity contribution is -0.145. The topological polar surface area (TPSA) is 46.6 Å². The Morgan fingerprint density at radius 2 is 2.16 bits per heavy atom. The molecule has 1 aliphatic heterocycles. The molecule has 2 rings (SSSR count). The van der Waals surface area contributed by atoms with Crippen molar-refractivity contribution >= 4 is 40.8 Å². The summed E-state index contributed by atoms with van der Waals surface area (Å²) in [6, 6.07) is 2.77. The molecule has 1 atom stereocenters. The van der Waals surface area contributed by atoms with Gasteiger partial charge in [-0.3, -0.25) is 9.59 Å². The van der Waals surface area contributed by atoms with E-state index in [0.717, 1.165) is 0 Å². The number of amides is 1. The summed E-state index contributed by atoms with van der Waals surface area (Å²) < 4.78 is 18.6. The Morgan fingerprint density at radius 1 is 1.47 bits per heavy atom. The van der Waals surface area contributed by atoms with E-state index in [0.29, 0.717) is 0 Å². The minimum atomic E-state index is -0.770. The molecule has 102 valence electrons. The molecule has 0 aliphatic carbocycles. The summed E-state index contributed by atoms with van der Waals surface area (Å²) in [5, 5.41) is -0.174. The van der Waals surface area contributed by atoms with E-state index in [9.17, 15) is 14.0 Å². The molecule has 1 aromatic carbocycles. The Bertz CT molecular complexity index is 550. The summed E-state index contributed by atoms with van der Waals surface area (Å²) >= 11 is 11.4. The lowest BCUT2D eigenvalue weighted by atomic mass is 10.1. The van der Waals surface area contributed by atoms with E-state index in [1.807, 2.05) is 0 Å².